The summed E-state index contributed by atoms with van der Waals surface area (Å²) in [5.41, 5.74) is 2.88. The predicted molar refractivity (Wildman–Crippen MR) is 176 cm³/mol. The number of likely N-dealkylation sites (N-methyl/N-ethyl adjacent to an activating group) is 2. The SMILES string of the molecule is C=C[C@@H](c1cc(OCc2ccccc2)no1)N(C)C.C=C[C@@H](c1onc(OCc2ccccc2)c1C(O)c1occc1CO)N(C)C. The van der Waals surface area contributed by atoms with E-state index in [4.69, 9.17) is 22.9 Å². The molecule has 3 atom stereocenters. The Labute approximate surface area is 274 Å². The lowest BCUT2D eigenvalue weighted by molar-refractivity contribution is 0.171. The second-order valence-electron chi connectivity index (χ2n) is 11.0. The molecule has 0 saturated carbocycles. The Balaban J connectivity index is 0.000000229. The van der Waals surface area contributed by atoms with E-state index in [9.17, 15) is 10.2 Å². The first-order valence-corrected chi connectivity index (χ1v) is 15.0. The Morgan fingerprint density at radius 2 is 1.38 bits per heavy atom. The van der Waals surface area contributed by atoms with Crippen molar-refractivity contribution in [1.29, 1.82) is 0 Å². The van der Waals surface area contributed by atoms with Crippen LogP contribution in [0.3, 0.4) is 0 Å². The molecule has 0 aliphatic heterocycles. The van der Waals surface area contributed by atoms with E-state index in [1.165, 1.54) is 6.26 Å². The van der Waals surface area contributed by atoms with E-state index in [1.54, 1.807) is 18.2 Å². The van der Waals surface area contributed by atoms with Gasteiger partial charge in [0, 0.05) is 11.6 Å². The Morgan fingerprint density at radius 1 is 0.787 bits per heavy atom. The number of aliphatic hydroxyl groups excluding tert-OH is 2. The maximum Gasteiger partial charge on any atom is 0.261 e. The summed E-state index contributed by atoms with van der Waals surface area (Å²) in [5, 5.41) is 28.5. The summed E-state index contributed by atoms with van der Waals surface area (Å²) in [6.07, 6.45) is 3.69. The van der Waals surface area contributed by atoms with Crippen LogP contribution in [0.2, 0.25) is 0 Å². The van der Waals surface area contributed by atoms with Crippen LogP contribution in [0.25, 0.3) is 0 Å². The van der Waals surface area contributed by atoms with Gasteiger partial charge in [-0.15, -0.1) is 13.2 Å². The minimum Gasteiger partial charge on any atom is -0.471 e. The zero-order chi connectivity index (χ0) is 33.8. The standard InChI is InChI=1S/C21H24N2O5.C15H18N2O2/c1-4-16(23(2)3)20-17(18(25)19-15(12-24)10-11-26-19)21(22-28-20)27-13-14-8-6-5-7-9-14;1-4-13(17(2)3)14-10-15(16-19-14)18-11-12-8-6-5-7-9-12/h4-11,16,18,24-25H,1,12-13H2,2-3H3;4-10,13H,1,11H2,2-3H3/t16-,18?;13-/m00/s1. The van der Waals surface area contributed by atoms with E-state index in [0.717, 1.165) is 16.9 Å². The molecular formula is C36H42N4O7. The molecule has 0 fully saturated rings. The molecule has 0 saturated heterocycles. The van der Waals surface area contributed by atoms with Crippen molar-refractivity contribution in [2.75, 3.05) is 28.2 Å². The van der Waals surface area contributed by atoms with Gasteiger partial charge in [0.25, 0.3) is 11.8 Å². The first-order chi connectivity index (χ1) is 22.8. The van der Waals surface area contributed by atoms with Crippen LogP contribution in [0, 0.1) is 0 Å². The molecule has 3 heterocycles. The van der Waals surface area contributed by atoms with E-state index >= 15 is 0 Å². The lowest BCUT2D eigenvalue weighted by Crippen LogP contribution is -2.19. The van der Waals surface area contributed by atoms with Gasteiger partial charge in [-0.2, -0.15) is 0 Å². The first kappa shape index (κ1) is 34.9. The molecule has 2 N–H and O–H groups in total. The van der Waals surface area contributed by atoms with E-state index < -0.39 is 6.10 Å². The third-order valence-corrected chi connectivity index (χ3v) is 7.27. The van der Waals surface area contributed by atoms with Crippen LogP contribution in [-0.2, 0) is 19.8 Å². The first-order valence-electron chi connectivity index (χ1n) is 15.0. The van der Waals surface area contributed by atoms with Crippen LogP contribution in [0.15, 0.2) is 118 Å². The fourth-order valence-electron chi connectivity index (χ4n) is 4.78. The summed E-state index contributed by atoms with van der Waals surface area (Å²) in [7, 11) is 7.64. The quantitative estimate of drug-likeness (QED) is 0.126. The summed E-state index contributed by atoms with van der Waals surface area (Å²) in [6, 6.07) is 22.6. The highest BCUT2D eigenvalue weighted by Crippen LogP contribution is 2.39. The number of aromatic nitrogens is 2. The largest absolute Gasteiger partial charge is 0.471 e. The highest BCUT2D eigenvalue weighted by molar-refractivity contribution is 5.40. The van der Waals surface area contributed by atoms with Crippen molar-refractivity contribution in [2.45, 2.75) is 38.0 Å². The number of nitrogens with zero attached hydrogens (tertiary/aromatic N) is 4. The minimum absolute atomic E-state index is 0.00146. The second kappa shape index (κ2) is 17.1. The molecule has 11 heteroatoms. The number of aliphatic hydroxyl groups is 2. The molecule has 2 aromatic carbocycles. The van der Waals surface area contributed by atoms with Crippen LogP contribution in [0.4, 0.5) is 0 Å². The molecule has 0 aliphatic carbocycles. The van der Waals surface area contributed by atoms with Crippen molar-refractivity contribution in [3.05, 3.63) is 144 Å². The van der Waals surface area contributed by atoms with E-state index in [-0.39, 0.29) is 36.9 Å². The van der Waals surface area contributed by atoms with Crippen molar-refractivity contribution >= 4 is 0 Å². The third-order valence-electron chi connectivity index (χ3n) is 7.27. The Kier molecular flexibility index (Phi) is 12.7. The molecule has 5 aromatic rings. The Bertz CT molecular complexity index is 1660. The van der Waals surface area contributed by atoms with Crippen LogP contribution >= 0.6 is 0 Å². The maximum atomic E-state index is 11.0. The fourth-order valence-corrected chi connectivity index (χ4v) is 4.78. The summed E-state index contributed by atoms with van der Waals surface area (Å²) in [5.74, 6) is 2.00. The van der Waals surface area contributed by atoms with Crippen LogP contribution in [0.1, 0.15) is 57.7 Å². The molecule has 5 rings (SSSR count). The zero-order valence-electron chi connectivity index (χ0n) is 27.2. The summed E-state index contributed by atoms with van der Waals surface area (Å²) >= 11 is 0. The van der Waals surface area contributed by atoms with Gasteiger partial charge in [-0.25, -0.2) is 0 Å². The number of rotatable bonds is 15. The molecule has 0 spiro atoms. The lowest BCUT2D eigenvalue weighted by Gasteiger charge is -2.20. The summed E-state index contributed by atoms with van der Waals surface area (Å²) < 4.78 is 27.7. The summed E-state index contributed by atoms with van der Waals surface area (Å²) in [4.78, 5) is 3.87. The molecule has 0 aliphatic rings. The van der Waals surface area contributed by atoms with Crippen molar-refractivity contribution in [1.82, 2.24) is 20.1 Å². The highest BCUT2D eigenvalue weighted by Gasteiger charge is 2.33. The van der Waals surface area contributed by atoms with E-state index in [0.29, 0.717) is 29.4 Å². The zero-order valence-corrected chi connectivity index (χ0v) is 27.2. The second-order valence-corrected chi connectivity index (χ2v) is 11.0. The van der Waals surface area contributed by atoms with Gasteiger partial charge < -0.3 is 33.2 Å². The number of hydrogen-bond acceptors (Lipinski definition) is 11. The van der Waals surface area contributed by atoms with Gasteiger partial charge in [-0.05, 0) is 55.7 Å². The average molecular weight is 643 g/mol. The van der Waals surface area contributed by atoms with Gasteiger partial charge in [0.2, 0.25) is 0 Å². The normalized spacial score (nSPS) is 13.0. The molecule has 0 amide bonds. The molecule has 0 bridgehead atoms. The number of ether oxygens (including phenoxy) is 2. The molecule has 47 heavy (non-hydrogen) atoms. The van der Waals surface area contributed by atoms with Crippen molar-refractivity contribution in [3.63, 3.8) is 0 Å². The molecular weight excluding hydrogens is 600 g/mol. The van der Waals surface area contributed by atoms with Crippen molar-refractivity contribution in [2.24, 2.45) is 0 Å². The summed E-state index contributed by atoms with van der Waals surface area (Å²) in [6.45, 7) is 8.11. The van der Waals surface area contributed by atoms with Gasteiger partial charge in [-0.1, -0.05) is 72.8 Å². The van der Waals surface area contributed by atoms with Crippen LogP contribution in [-0.4, -0.2) is 58.5 Å². The highest BCUT2D eigenvalue weighted by atomic mass is 16.5. The van der Waals surface area contributed by atoms with Gasteiger partial charge >= 0.3 is 0 Å². The molecule has 11 nitrogen and oxygen atoms in total. The number of hydrogen-bond donors (Lipinski definition) is 2. The van der Waals surface area contributed by atoms with Gasteiger partial charge in [0.05, 0.1) is 30.5 Å². The van der Waals surface area contributed by atoms with Crippen molar-refractivity contribution < 1.29 is 33.2 Å². The number of furan rings is 1. The minimum atomic E-state index is -1.22. The van der Waals surface area contributed by atoms with Gasteiger partial charge in [-0.3, -0.25) is 9.80 Å². The van der Waals surface area contributed by atoms with Gasteiger partial charge in [0.1, 0.15) is 25.1 Å². The average Bonchev–Trinajstić information content (AvgIpc) is 3.85. The molecule has 0 radical (unpaired) electrons. The fraction of sp³-hybridized carbons (Fsp3) is 0.278. The van der Waals surface area contributed by atoms with E-state index in [1.807, 2.05) is 105 Å². The Hall–Kier alpha value is -4.94. The number of benzene rings is 2. The van der Waals surface area contributed by atoms with Crippen LogP contribution < -0.4 is 9.47 Å². The predicted octanol–water partition coefficient (Wildman–Crippen LogP) is 6.25. The van der Waals surface area contributed by atoms with Gasteiger partial charge in [0.15, 0.2) is 11.5 Å². The molecule has 248 valence electrons. The topological polar surface area (TPSA) is 131 Å². The third kappa shape index (κ3) is 9.08. The van der Waals surface area contributed by atoms with Crippen molar-refractivity contribution in [3.8, 4) is 11.8 Å². The Morgan fingerprint density at radius 3 is 1.94 bits per heavy atom. The maximum absolute atomic E-state index is 11.0. The monoisotopic (exact) mass is 642 g/mol. The van der Waals surface area contributed by atoms with E-state index in [2.05, 4.69) is 23.5 Å². The molecule has 3 aromatic heterocycles. The molecule has 1 unspecified atom stereocenters. The lowest BCUT2D eigenvalue weighted by atomic mass is 10.0. The van der Waals surface area contributed by atoms with Crippen LogP contribution in [0.5, 0.6) is 11.8 Å². The smallest absolute Gasteiger partial charge is 0.261 e.